The van der Waals surface area contributed by atoms with Gasteiger partial charge in [-0.3, -0.25) is 4.99 Å². The number of nitrogens with one attached hydrogen (secondary N) is 2. The molecule has 0 amide bonds. The third kappa shape index (κ3) is 6.09. The van der Waals surface area contributed by atoms with Gasteiger partial charge in [0.15, 0.2) is 5.96 Å². The molecule has 1 atom stereocenters. The molecule has 0 bridgehead atoms. The molecular formula is C13H28N4O2S. The minimum atomic E-state index is -3.21. The maximum absolute atomic E-state index is 11.7. The van der Waals surface area contributed by atoms with Crippen LogP contribution in [0.15, 0.2) is 4.99 Å². The number of piperidine rings is 1. The van der Waals surface area contributed by atoms with Gasteiger partial charge in [-0.2, -0.15) is 0 Å². The molecule has 0 spiro atoms. The molecule has 0 aromatic carbocycles. The fraction of sp³-hybridized carbons (Fsp3) is 0.923. The Balaban J connectivity index is 2.42. The predicted molar refractivity (Wildman–Crippen MR) is 83.4 cm³/mol. The maximum Gasteiger partial charge on any atom is 0.213 e. The Morgan fingerprint density at radius 2 is 2.15 bits per heavy atom. The van der Waals surface area contributed by atoms with Crippen LogP contribution in [0, 0.1) is 5.92 Å². The number of sulfonamides is 1. The van der Waals surface area contributed by atoms with Gasteiger partial charge in [-0.1, -0.05) is 6.92 Å². The summed E-state index contributed by atoms with van der Waals surface area (Å²) in [5.74, 6) is 1.53. The van der Waals surface area contributed by atoms with Gasteiger partial charge in [0.05, 0.1) is 5.75 Å². The molecule has 0 aliphatic carbocycles. The molecule has 1 saturated heterocycles. The second-order valence-electron chi connectivity index (χ2n) is 5.76. The van der Waals surface area contributed by atoms with Crippen LogP contribution in [0.25, 0.3) is 0 Å². The van der Waals surface area contributed by atoms with Gasteiger partial charge >= 0.3 is 0 Å². The lowest BCUT2D eigenvalue weighted by Crippen LogP contribution is -2.47. The summed E-state index contributed by atoms with van der Waals surface area (Å²) in [6, 6.07) is -0.0674. The lowest BCUT2D eigenvalue weighted by molar-refractivity contribution is 0.266. The molecule has 0 saturated carbocycles. The molecule has 1 aliphatic heterocycles. The molecule has 1 fully saturated rings. The van der Waals surface area contributed by atoms with Crippen molar-refractivity contribution in [2.75, 3.05) is 32.4 Å². The van der Waals surface area contributed by atoms with E-state index in [1.165, 1.54) is 6.42 Å². The average Bonchev–Trinajstić information content (AvgIpc) is 2.33. The van der Waals surface area contributed by atoms with E-state index in [0.717, 1.165) is 25.5 Å². The Bertz CT molecular complexity index is 420. The summed E-state index contributed by atoms with van der Waals surface area (Å²) in [5, 5.41) is 3.15. The summed E-state index contributed by atoms with van der Waals surface area (Å²) >= 11 is 0. The van der Waals surface area contributed by atoms with Crippen molar-refractivity contribution < 1.29 is 8.42 Å². The van der Waals surface area contributed by atoms with Crippen LogP contribution in [-0.2, 0) is 10.0 Å². The molecule has 1 unspecified atom stereocenters. The molecule has 20 heavy (non-hydrogen) atoms. The van der Waals surface area contributed by atoms with E-state index in [9.17, 15) is 8.42 Å². The number of hydrogen-bond acceptors (Lipinski definition) is 3. The van der Waals surface area contributed by atoms with Crippen molar-refractivity contribution in [2.24, 2.45) is 10.9 Å². The first-order chi connectivity index (χ1) is 9.34. The van der Waals surface area contributed by atoms with Gasteiger partial charge in [-0.25, -0.2) is 13.1 Å². The van der Waals surface area contributed by atoms with Gasteiger partial charge < -0.3 is 10.2 Å². The number of guanidine groups is 1. The Kier molecular flexibility index (Phi) is 6.75. The van der Waals surface area contributed by atoms with Gasteiger partial charge in [0.1, 0.15) is 0 Å². The Hall–Kier alpha value is -0.820. The van der Waals surface area contributed by atoms with Crippen molar-refractivity contribution in [1.82, 2.24) is 14.9 Å². The van der Waals surface area contributed by atoms with Gasteiger partial charge in [-0.05, 0) is 32.6 Å². The zero-order valence-corrected chi connectivity index (χ0v) is 13.8. The highest BCUT2D eigenvalue weighted by atomic mass is 32.2. The minimum absolute atomic E-state index is 0.0631. The minimum Gasteiger partial charge on any atom is -0.355 e. The van der Waals surface area contributed by atoms with Crippen LogP contribution in [0.5, 0.6) is 0 Å². The summed E-state index contributed by atoms with van der Waals surface area (Å²) in [6.07, 6.45) is 2.41. The van der Waals surface area contributed by atoms with E-state index in [1.807, 2.05) is 13.8 Å². The number of hydrogen-bond donors (Lipinski definition) is 2. The van der Waals surface area contributed by atoms with Crippen LogP contribution < -0.4 is 10.0 Å². The standard InChI is InChI=1S/C13H28N4O2S/c1-11(2)16-20(18,19)9-7-15-13(14-4)17-8-5-6-12(3)10-17/h11-12,16H,5-10H2,1-4H3,(H,14,15). The molecule has 0 aromatic heterocycles. The zero-order chi connectivity index (χ0) is 15.2. The summed E-state index contributed by atoms with van der Waals surface area (Å²) < 4.78 is 26.0. The third-order valence-corrected chi connectivity index (χ3v) is 4.81. The molecule has 2 N–H and O–H groups in total. The quantitative estimate of drug-likeness (QED) is 0.577. The Morgan fingerprint density at radius 3 is 2.70 bits per heavy atom. The molecule has 7 heteroatoms. The van der Waals surface area contributed by atoms with Gasteiger partial charge in [-0.15, -0.1) is 0 Å². The normalized spacial score (nSPS) is 21.4. The van der Waals surface area contributed by atoms with Crippen LogP contribution >= 0.6 is 0 Å². The molecule has 0 radical (unpaired) electrons. The van der Waals surface area contributed by atoms with E-state index in [2.05, 4.69) is 26.9 Å². The van der Waals surface area contributed by atoms with Crippen molar-refractivity contribution >= 4 is 16.0 Å². The first-order valence-electron chi connectivity index (χ1n) is 7.29. The predicted octanol–water partition coefficient (Wildman–Crippen LogP) is 0.622. The fourth-order valence-electron chi connectivity index (χ4n) is 2.43. The fourth-order valence-corrected chi connectivity index (χ4v) is 3.64. The largest absolute Gasteiger partial charge is 0.355 e. The van der Waals surface area contributed by atoms with E-state index in [1.54, 1.807) is 7.05 Å². The van der Waals surface area contributed by atoms with Crippen LogP contribution in [0.4, 0.5) is 0 Å². The second-order valence-corrected chi connectivity index (χ2v) is 7.63. The average molecular weight is 304 g/mol. The van der Waals surface area contributed by atoms with E-state index >= 15 is 0 Å². The maximum atomic E-state index is 11.7. The third-order valence-electron chi connectivity index (χ3n) is 3.24. The summed E-state index contributed by atoms with van der Waals surface area (Å²) in [6.45, 7) is 8.21. The highest BCUT2D eigenvalue weighted by molar-refractivity contribution is 7.89. The van der Waals surface area contributed by atoms with Crippen LogP contribution in [0.2, 0.25) is 0 Å². The molecule has 1 heterocycles. The summed E-state index contributed by atoms with van der Waals surface area (Å²) in [4.78, 5) is 6.45. The number of rotatable bonds is 5. The molecule has 6 nitrogen and oxygen atoms in total. The van der Waals surface area contributed by atoms with Crippen LogP contribution in [0.3, 0.4) is 0 Å². The van der Waals surface area contributed by atoms with Gasteiger partial charge in [0, 0.05) is 32.7 Å². The van der Waals surface area contributed by atoms with Crippen molar-refractivity contribution in [3.63, 3.8) is 0 Å². The van der Waals surface area contributed by atoms with Gasteiger partial charge in [0.2, 0.25) is 10.0 Å². The van der Waals surface area contributed by atoms with Crippen LogP contribution in [0.1, 0.15) is 33.6 Å². The second kappa shape index (κ2) is 7.83. The first-order valence-corrected chi connectivity index (χ1v) is 8.95. The van der Waals surface area contributed by atoms with Crippen molar-refractivity contribution in [3.05, 3.63) is 0 Å². The molecule has 0 aromatic rings. The lowest BCUT2D eigenvalue weighted by Gasteiger charge is -2.33. The van der Waals surface area contributed by atoms with E-state index in [-0.39, 0.29) is 11.8 Å². The van der Waals surface area contributed by atoms with Crippen molar-refractivity contribution in [3.8, 4) is 0 Å². The summed E-state index contributed by atoms with van der Waals surface area (Å²) in [5.41, 5.74) is 0. The number of aliphatic imine (C=N–C) groups is 1. The molecule has 1 aliphatic rings. The van der Waals surface area contributed by atoms with E-state index < -0.39 is 10.0 Å². The van der Waals surface area contributed by atoms with E-state index in [4.69, 9.17) is 0 Å². The van der Waals surface area contributed by atoms with Crippen molar-refractivity contribution in [2.45, 2.75) is 39.7 Å². The Labute approximate surface area is 123 Å². The number of likely N-dealkylation sites (tertiary alicyclic amines) is 1. The lowest BCUT2D eigenvalue weighted by atomic mass is 10.0. The SMILES string of the molecule is CN=C(NCCS(=O)(=O)NC(C)C)N1CCCC(C)C1. The number of nitrogens with zero attached hydrogens (tertiary/aromatic N) is 2. The molecule has 118 valence electrons. The van der Waals surface area contributed by atoms with Crippen molar-refractivity contribution in [1.29, 1.82) is 0 Å². The highest BCUT2D eigenvalue weighted by Crippen LogP contribution is 2.15. The zero-order valence-electron chi connectivity index (χ0n) is 13.0. The smallest absolute Gasteiger partial charge is 0.213 e. The first kappa shape index (κ1) is 17.2. The highest BCUT2D eigenvalue weighted by Gasteiger charge is 2.19. The molecule has 1 rings (SSSR count). The van der Waals surface area contributed by atoms with Crippen LogP contribution in [-0.4, -0.2) is 57.8 Å². The topological polar surface area (TPSA) is 73.8 Å². The monoisotopic (exact) mass is 304 g/mol. The molecular weight excluding hydrogens is 276 g/mol. The Morgan fingerprint density at radius 1 is 1.45 bits per heavy atom. The van der Waals surface area contributed by atoms with Gasteiger partial charge in [0.25, 0.3) is 0 Å². The van der Waals surface area contributed by atoms with E-state index in [0.29, 0.717) is 12.5 Å². The summed E-state index contributed by atoms with van der Waals surface area (Å²) in [7, 11) is -1.47.